The quantitative estimate of drug-likeness (QED) is 0.863. The highest BCUT2D eigenvalue weighted by atomic mass is 79.9. The van der Waals surface area contributed by atoms with Gasteiger partial charge in [-0.05, 0) is 54.8 Å². The molecule has 6 heteroatoms. The monoisotopic (exact) mass is 393 g/mol. The summed E-state index contributed by atoms with van der Waals surface area (Å²) in [5.41, 5.74) is 1.15. The summed E-state index contributed by atoms with van der Waals surface area (Å²) in [6.07, 6.45) is 2.80. The Morgan fingerprint density at radius 2 is 1.61 bits per heavy atom. The van der Waals surface area contributed by atoms with E-state index in [9.17, 15) is 13.2 Å². The third-order valence-electron chi connectivity index (χ3n) is 4.12. The van der Waals surface area contributed by atoms with Crippen LogP contribution in [0.25, 0.3) is 0 Å². The molecular formula is C17H16BrNO3S. The lowest BCUT2D eigenvalue weighted by Crippen LogP contribution is -2.27. The molecule has 23 heavy (non-hydrogen) atoms. The minimum atomic E-state index is -3.23. The number of halogens is 1. The zero-order valence-electron chi connectivity index (χ0n) is 12.5. The summed E-state index contributed by atoms with van der Waals surface area (Å²) in [5.74, 6) is -0.0491. The van der Waals surface area contributed by atoms with Gasteiger partial charge in [0.15, 0.2) is 9.84 Å². The standard InChI is InChI=1S/C17H16BrNO3S/c1-23(21,22)15-8-6-14(7-9-15)19-16(20)17(10-11-17)12-2-4-13(18)5-3-12/h2-9H,10-11H2,1H3,(H,19,20). The van der Waals surface area contributed by atoms with Crippen LogP contribution in [-0.4, -0.2) is 20.6 Å². The van der Waals surface area contributed by atoms with Crippen LogP contribution in [0.15, 0.2) is 57.9 Å². The molecule has 1 N–H and O–H groups in total. The third kappa shape index (κ3) is 3.33. The molecule has 120 valence electrons. The van der Waals surface area contributed by atoms with Gasteiger partial charge in [-0.3, -0.25) is 4.79 Å². The Morgan fingerprint density at radius 1 is 1.04 bits per heavy atom. The fourth-order valence-corrected chi connectivity index (χ4v) is 3.47. The van der Waals surface area contributed by atoms with E-state index >= 15 is 0 Å². The van der Waals surface area contributed by atoms with Crippen molar-refractivity contribution in [2.75, 3.05) is 11.6 Å². The summed E-state index contributed by atoms with van der Waals surface area (Å²) >= 11 is 3.40. The van der Waals surface area contributed by atoms with Crippen LogP contribution in [0.1, 0.15) is 18.4 Å². The molecule has 1 saturated carbocycles. The van der Waals surface area contributed by atoms with Crippen molar-refractivity contribution in [3.05, 3.63) is 58.6 Å². The second-order valence-electron chi connectivity index (χ2n) is 5.84. The molecule has 1 aliphatic carbocycles. The highest BCUT2D eigenvalue weighted by Crippen LogP contribution is 2.49. The van der Waals surface area contributed by atoms with Crippen molar-refractivity contribution in [3.63, 3.8) is 0 Å². The number of carbonyl (C=O) groups excluding carboxylic acids is 1. The number of hydrogen-bond acceptors (Lipinski definition) is 3. The fraction of sp³-hybridized carbons (Fsp3) is 0.235. The second kappa shape index (κ2) is 5.76. The van der Waals surface area contributed by atoms with Crippen molar-refractivity contribution >= 4 is 37.4 Å². The number of benzene rings is 2. The Kier molecular flexibility index (Phi) is 4.06. The van der Waals surface area contributed by atoms with Crippen molar-refractivity contribution in [3.8, 4) is 0 Å². The minimum absolute atomic E-state index is 0.0491. The van der Waals surface area contributed by atoms with E-state index in [1.165, 1.54) is 12.1 Å². The molecule has 0 bridgehead atoms. The Balaban J connectivity index is 1.78. The first kappa shape index (κ1) is 16.2. The van der Waals surface area contributed by atoms with Crippen LogP contribution in [0, 0.1) is 0 Å². The van der Waals surface area contributed by atoms with Gasteiger partial charge in [0.2, 0.25) is 5.91 Å². The second-order valence-corrected chi connectivity index (χ2v) is 8.77. The number of anilines is 1. The summed E-state index contributed by atoms with van der Waals surface area (Å²) in [7, 11) is -3.23. The van der Waals surface area contributed by atoms with Crippen molar-refractivity contribution in [2.45, 2.75) is 23.2 Å². The molecule has 0 aliphatic heterocycles. The van der Waals surface area contributed by atoms with Gasteiger partial charge in [-0.2, -0.15) is 0 Å². The van der Waals surface area contributed by atoms with Gasteiger partial charge in [-0.25, -0.2) is 8.42 Å². The van der Waals surface area contributed by atoms with Gasteiger partial charge in [0.25, 0.3) is 0 Å². The van der Waals surface area contributed by atoms with Crippen LogP contribution in [0.3, 0.4) is 0 Å². The Labute approximate surface area is 144 Å². The molecule has 0 radical (unpaired) electrons. The van der Waals surface area contributed by atoms with Gasteiger partial charge in [0, 0.05) is 16.4 Å². The summed E-state index contributed by atoms with van der Waals surface area (Å²) in [6, 6.07) is 14.0. The first-order valence-electron chi connectivity index (χ1n) is 7.19. The van der Waals surface area contributed by atoms with E-state index in [-0.39, 0.29) is 10.8 Å². The van der Waals surface area contributed by atoms with Crippen LogP contribution >= 0.6 is 15.9 Å². The average molecular weight is 394 g/mol. The van der Waals surface area contributed by atoms with Crippen molar-refractivity contribution in [2.24, 2.45) is 0 Å². The van der Waals surface area contributed by atoms with E-state index in [4.69, 9.17) is 0 Å². The normalized spacial score (nSPS) is 15.9. The van der Waals surface area contributed by atoms with Crippen LogP contribution < -0.4 is 5.32 Å². The topological polar surface area (TPSA) is 63.2 Å². The van der Waals surface area contributed by atoms with Crippen LogP contribution in [0.5, 0.6) is 0 Å². The Morgan fingerprint density at radius 3 is 2.09 bits per heavy atom. The van der Waals surface area contributed by atoms with Crippen molar-refractivity contribution in [1.29, 1.82) is 0 Å². The SMILES string of the molecule is CS(=O)(=O)c1ccc(NC(=O)C2(c3ccc(Br)cc3)CC2)cc1. The zero-order chi connectivity index (χ0) is 16.7. The van der Waals surface area contributed by atoms with Gasteiger partial charge in [-0.1, -0.05) is 28.1 Å². The number of carbonyl (C=O) groups is 1. The molecule has 3 rings (SSSR count). The lowest BCUT2D eigenvalue weighted by atomic mass is 9.95. The van der Waals surface area contributed by atoms with Gasteiger partial charge in [0.1, 0.15) is 0 Å². The largest absolute Gasteiger partial charge is 0.325 e. The molecule has 1 amide bonds. The van der Waals surface area contributed by atoms with E-state index in [1.807, 2.05) is 24.3 Å². The van der Waals surface area contributed by atoms with Gasteiger partial charge in [0.05, 0.1) is 10.3 Å². The number of rotatable bonds is 4. The Bertz CT molecular complexity index is 838. The molecule has 1 aliphatic rings. The van der Waals surface area contributed by atoms with Gasteiger partial charge in [-0.15, -0.1) is 0 Å². The molecule has 0 atom stereocenters. The number of hydrogen-bond donors (Lipinski definition) is 1. The molecule has 2 aromatic rings. The van der Waals surface area contributed by atoms with Crippen LogP contribution in [0.2, 0.25) is 0 Å². The maximum Gasteiger partial charge on any atom is 0.235 e. The summed E-state index contributed by atoms with van der Waals surface area (Å²) < 4.78 is 23.9. The maximum atomic E-state index is 12.6. The maximum absolute atomic E-state index is 12.6. The molecule has 0 saturated heterocycles. The fourth-order valence-electron chi connectivity index (χ4n) is 2.58. The third-order valence-corrected chi connectivity index (χ3v) is 5.78. The highest BCUT2D eigenvalue weighted by molar-refractivity contribution is 9.10. The molecule has 4 nitrogen and oxygen atoms in total. The van der Waals surface area contributed by atoms with Crippen molar-refractivity contribution < 1.29 is 13.2 Å². The summed E-state index contributed by atoms with van der Waals surface area (Å²) in [6.45, 7) is 0. The van der Waals surface area contributed by atoms with E-state index in [2.05, 4.69) is 21.2 Å². The predicted octanol–water partition coefficient (Wildman–Crippen LogP) is 3.52. The first-order chi connectivity index (χ1) is 10.8. The van der Waals surface area contributed by atoms with E-state index < -0.39 is 15.3 Å². The zero-order valence-corrected chi connectivity index (χ0v) is 14.9. The van der Waals surface area contributed by atoms with Crippen LogP contribution in [0.4, 0.5) is 5.69 Å². The lowest BCUT2D eigenvalue weighted by molar-refractivity contribution is -0.118. The van der Waals surface area contributed by atoms with E-state index in [0.29, 0.717) is 5.69 Å². The smallest absolute Gasteiger partial charge is 0.235 e. The molecular weight excluding hydrogens is 378 g/mol. The summed E-state index contributed by atoms with van der Waals surface area (Å²) in [4.78, 5) is 12.9. The molecule has 1 fully saturated rings. The Hall–Kier alpha value is -1.66. The van der Waals surface area contributed by atoms with Gasteiger partial charge >= 0.3 is 0 Å². The predicted molar refractivity (Wildman–Crippen MR) is 93.2 cm³/mol. The summed E-state index contributed by atoms with van der Waals surface area (Å²) in [5, 5.41) is 2.89. The molecule has 0 spiro atoms. The van der Waals surface area contributed by atoms with Crippen LogP contribution in [-0.2, 0) is 20.0 Å². The number of amides is 1. The average Bonchev–Trinajstić information content (AvgIpc) is 3.29. The molecule has 2 aromatic carbocycles. The number of sulfone groups is 1. The molecule has 0 aromatic heterocycles. The van der Waals surface area contributed by atoms with E-state index in [1.54, 1.807) is 12.1 Å². The molecule has 0 unspecified atom stereocenters. The molecule has 0 heterocycles. The minimum Gasteiger partial charge on any atom is -0.325 e. The number of nitrogens with one attached hydrogen (secondary N) is 1. The van der Waals surface area contributed by atoms with Crippen molar-refractivity contribution in [1.82, 2.24) is 0 Å². The lowest BCUT2D eigenvalue weighted by Gasteiger charge is -2.16. The van der Waals surface area contributed by atoms with E-state index in [0.717, 1.165) is 29.1 Å². The first-order valence-corrected chi connectivity index (χ1v) is 9.87. The highest BCUT2D eigenvalue weighted by Gasteiger charge is 2.51. The van der Waals surface area contributed by atoms with Gasteiger partial charge < -0.3 is 5.32 Å².